The quantitative estimate of drug-likeness (QED) is 0.609. The number of hydrogen-bond acceptors (Lipinski definition) is 2. The maximum Gasteiger partial charge on any atom is 0.240 e. The van der Waals surface area contributed by atoms with Crippen molar-refractivity contribution in [3.05, 3.63) is 0 Å². The minimum atomic E-state index is -0.393. The third kappa shape index (κ3) is 2.35. The summed E-state index contributed by atoms with van der Waals surface area (Å²) in [5, 5.41) is 2.88. The van der Waals surface area contributed by atoms with E-state index in [1.54, 1.807) is 6.92 Å². The van der Waals surface area contributed by atoms with E-state index in [0.29, 0.717) is 6.04 Å². The molecule has 0 aromatic carbocycles. The van der Waals surface area contributed by atoms with Crippen molar-refractivity contribution in [1.29, 1.82) is 0 Å². The van der Waals surface area contributed by atoms with Gasteiger partial charge in [-0.3, -0.25) is 4.79 Å². The van der Waals surface area contributed by atoms with Crippen molar-refractivity contribution < 1.29 is 4.79 Å². The number of amides is 1. The highest BCUT2D eigenvalue weighted by molar-refractivity contribution is 6.30. The molecule has 1 fully saturated rings. The molecule has 12 heavy (non-hydrogen) atoms. The molecule has 1 rings (SSSR count). The fraction of sp³-hybridized carbons (Fsp3) is 0.875. The summed E-state index contributed by atoms with van der Waals surface area (Å²) < 4.78 is 0. The first-order valence-electron chi connectivity index (χ1n) is 4.27. The van der Waals surface area contributed by atoms with Crippen LogP contribution in [0.5, 0.6) is 0 Å². The third-order valence-corrected chi connectivity index (χ3v) is 2.21. The van der Waals surface area contributed by atoms with Crippen molar-refractivity contribution in [2.75, 3.05) is 19.6 Å². The Bertz CT molecular complexity index is 172. The second kappa shape index (κ2) is 4.10. The monoisotopic (exact) mass is 190 g/mol. The van der Waals surface area contributed by atoms with Crippen molar-refractivity contribution >= 4 is 17.5 Å². The molecule has 0 bridgehead atoms. The predicted molar refractivity (Wildman–Crippen MR) is 49.4 cm³/mol. The van der Waals surface area contributed by atoms with Crippen LogP contribution in [0.3, 0.4) is 0 Å². The molecule has 4 heteroatoms. The highest BCUT2D eigenvalue weighted by Crippen LogP contribution is 2.05. The van der Waals surface area contributed by atoms with Gasteiger partial charge in [-0.15, -0.1) is 11.6 Å². The van der Waals surface area contributed by atoms with Crippen LogP contribution in [0.2, 0.25) is 0 Å². The SMILES string of the molecule is CC1CN(C(=O)C(C)Cl)CCN1. The summed E-state index contributed by atoms with van der Waals surface area (Å²) in [5.74, 6) is 0.0463. The molecule has 0 saturated carbocycles. The van der Waals surface area contributed by atoms with Crippen LogP contribution in [0, 0.1) is 0 Å². The van der Waals surface area contributed by atoms with Gasteiger partial charge in [0.15, 0.2) is 0 Å². The number of carbonyl (C=O) groups is 1. The van der Waals surface area contributed by atoms with E-state index in [9.17, 15) is 4.79 Å². The minimum absolute atomic E-state index is 0.0463. The van der Waals surface area contributed by atoms with E-state index >= 15 is 0 Å². The second-order valence-electron chi connectivity index (χ2n) is 3.26. The van der Waals surface area contributed by atoms with Crippen molar-refractivity contribution in [3.63, 3.8) is 0 Å². The van der Waals surface area contributed by atoms with Gasteiger partial charge in [-0.2, -0.15) is 0 Å². The van der Waals surface area contributed by atoms with Gasteiger partial charge in [0.05, 0.1) is 0 Å². The molecule has 0 aromatic heterocycles. The van der Waals surface area contributed by atoms with Crippen LogP contribution in [0.1, 0.15) is 13.8 Å². The topological polar surface area (TPSA) is 32.3 Å². The summed E-state index contributed by atoms with van der Waals surface area (Å²) >= 11 is 5.70. The van der Waals surface area contributed by atoms with Crippen LogP contribution in [-0.4, -0.2) is 41.9 Å². The zero-order chi connectivity index (χ0) is 9.14. The lowest BCUT2D eigenvalue weighted by Crippen LogP contribution is -2.52. The second-order valence-corrected chi connectivity index (χ2v) is 3.91. The summed E-state index contributed by atoms with van der Waals surface area (Å²) in [6.45, 7) is 6.21. The Morgan fingerprint density at radius 1 is 1.75 bits per heavy atom. The lowest BCUT2D eigenvalue weighted by atomic mass is 10.2. The molecule has 0 aliphatic carbocycles. The molecule has 0 radical (unpaired) electrons. The highest BCUT2D eigenvalue weighted by atomic mass is 35.5. The summed E-state index contributed by atoms with van der Waals surface area (Å²) in [6, 6.07) is 0.387. The van der Waals surface area contributed by atoms with E-state index in [1.807, 2.05) is 4.90 Å². The number of carbonyl (C=O) groups excluding carboxylic acids is 1. The molecule has 1 aliphatic rings. The van der Waals surface area contributed by atoms with E-state index in [1.165, 1.54) is 0 Å². The first-order valence-corrected chi connectivity index (χ1v) is 4.71. The zero-order valence-electron chi connectivity index (χ0n) is 7.51. The van der Waals surface area contributed by atoms with Crippen LogP contribution < -0.4 is 5.32 Å². The minimum Gasteiger partial charge on any atom is -0.339 e. The van der Waals surface area contributed by atoms with E-state index in [-0.39, 0.29) is 5.91 Å². The Morgan fingerprint density at radius 2 is 2.42 bits per heavy atom. The van der Waals surface area contributed by atoms with Gasteiger partial charge in [0.25, 0.3) is 0 Å². The number of halogens is 1. The Balaban J connectivity index is 2.46. The first kappa shape index (κ1) is 9.81. The summed E-state index contributed by atoms with van der Waals surface area (Å²) in [7, 11) is 0. The largest absolute Gasteiger partial charge is 0.339 e. The van der Waals surface area contributed by atoms with Gasteiger partial charge in [-0.05, 0) is 13.8 Å². The van der Waals surface area contributed by atoms with Gasteiger partial charge < -0.3 is 10.2 Å². The molecular weight excluding hydrogens is 176 g/mol. The molecule has 0 aromatic rings. The molecule has 3 nitrogen and oxygen atoms in total. The van der Waals surface area contributed by atoms with Crippen molar-refractivity contribution in [3.8, 4) is 0 Å². The Kier molecular flexibility index (Phi) is 3.35. The molecule has 2 unspecified atom stereocenters. The van der Waals surface area contributed by atoms with Gasteiger partial charge in [0.2, 0.25) is 5.91 Å². The highest BCUT2D eigenvalue weighted by Gasteiger charge is 2.22. The Labute approximate surface area is 78.1 Å². The zero-order valence-corrected chi connectivity index (χ0v) is 8.27. The van der Waals surface area contributed by atoms with Crippen LogP contribution in [-0.2, 0) is 4.79 Å². The van der Waals surface area contributed by atoms with Crippen LogP contribution >= 0.6 is 11.6 Å². The van der Waals surface area contributed by atoms with Gasteiger partial charge in [0.1, 0.15) is 5.38 Å². The predicted octanol–water partition coefficient (Wildman–Crippen LogP) is 0.434. The number of hydrogen-bond donors (Lipinski definition) is 1. The van der Waals surface area contributed by atoms with E-state index < -0.39 is 5.38 Å². The van der Waals surface area contributed by atoms with Gasteiger partial charge in [-0.1, -0.05) is 0 Å². The molecule has 1 amide bonds. The third-order valence-electron chi connectivity index (χ3n) is 2.02. The smallest absolute Gasteiger partial charge is 0.240 e. The van der Waals surface area contributed by atoms with Crippen LogP contribution in [0.4, 0.5) is 0 Å². The van der Waals surface area contributed by atoms with Crippen molar-refractivity contribution in [2.24, 2.45) is 0 Å². The fourth-order valence-electron chi connectivity index (χ4n) is 1.38. The van der Waals surface area contributed by atoms with Gasteiger partial charge >= 0.3 is 0 Å². The van der Waals surface area contributed by atoms with E-state index in [4.69, 9.17) is 11.6 Å². The summed E-state index contributed by atoms with van der Waals surface area (Å²) in [6.07, 6.45) is 0. The summed E-state index contributed by atoms with van der Waals surface area (Å²) in [5.41, 5.74) is 0. The average molecular weight is 191 g/mol. The number of piperazine rings is 1. The number of rotatable bonds is 1. The standard InChI is InChI=1S/C8H15ClN2O/c1-6-5-11(4-3-10-6)8(12)7(2)9/h6-7,10H,3-5H2,1-2H3. The van der Waals surface area contributed by atoms with Gasteiger partial charge in [-0.25, -0.2) is 0 Å². The molecule has 1 heterocycles. The number of alkyl halides is 1. The molecule has 1 saturated heterocycles. The lowest BCUT2D eigenvalue weighted by molar-refractivity contribution is -0.131. The first-order chi connectivity index (χ1) is 5.61. The molecule has 1 N–H and O–H groups in total. The van der Waals surface area contributed by atoms with Crippen molar-refractivity contribution in [1.82, 2.24) is 10.2 Å². The molecule has 70 valence electrons. The normalized spacial score (nSPS) is 26.9. The molecule has 2 atom stereocenters. The summed E-state index contributed by atoms with van der Waals surface area (Å²) in [4.78, 5) is 13.2. The Hall–Kier alpha value is -0.280. The fourth-order valence-corrected chi connectivity index (χ4v) is 1.52. The van der Waals surface area contributed by atoms with Crippen molar-refractivity contribution in [2.45, 2.75) is 25.3 Å². The van der Waals surface area contributed by atoms with Gasteiger partial charge in [0, 0.05) is 25.7 Å². The lowest BCUT2D eigenvalue weighted by Gasteiger charge is -2.32. The molecular formula is C8H15ClN2O. The number of nitrogens with zero attached hydrogens (tertiary/aromatic N) is 1. The maximum absolute atomic E-state index is 11.4. The molecule has 0 spiro atoms. The molecule has 1 aliphatic heterocycles. The van der Waals surface area contributed by atoms with Crippen LogP contribution in [0.15, 0.2) is 0 Å². The Morgan fingerprint density at radius 3 is 2.92 bits per heavy atom. The van der Waals surface area contributed by atoms with E-state index in [0.717, 1.165) is 19.6 Å². The van der Waals surface area contributed by atoms with E-state index in [2.05, 4.69) is 12.2 Å². The van der Waals surface area contributed by atoms with Crippen LogP contribution in [0.25, 0.3) is 0 Å². The number of nitrogens with one attached hydrogen (secondary N) is 1. The maximum atomic E-state index is 11.4. The average Bonchev–Trinajstić information content (AvgIpc) is 2.03.